The van der Waals surface area contributed by atoms with Crippen LogP contribution in [-0.4, -0.2) is 48.0 Å². The Bertz CT molecular complexity index is 862. The number of thiophene rings is 1. The molecule has 170 valence electrons. The van der Waals surface area contributed by atoms with Crippen molar-refractivity contribution < 1.29 is 14.3 Å². The van der Waals surface area contributed by atoms with Gasteiger partial charge in [-0.2, -0.15) is 0 Å². The smallest absolute Gasteiger partial charge is 0.407 e. The van der Waals surface area contributed by atoms with Gasteiger partial charge in [0.05, 0.1) is 10.6 Å². The topological polar surface area (TPSA) is 97.0 Å². The van der Waals surface area contributed by atoms with E-state index in [-0.39, 0.29) is 12.0 Å². The van der Waals surface area contributed by atoms with Crippen molar-refractivity contribution in [2.75, 3.05) is 19.6 Å². The van der Waals surface area contributed by atoms with Gasteiger partial charge >= 0.3 is 6.09 Å². The van der Waals surface area contributed by atoms with Crippen LogP contribution in [0.3, 0.4) is 0 Å². The van der Waals surface area contributed by atoms with E-state index in [2.05, 4.69) is 17.2 Å². The third-order valence-electron chi connectivity index (χ3n) is 5.42. The standard InChI is InChI=1S/C23H34N4O3S/c1-5-7-27(14-16-9-15(10-16)13-25-22(29)30-23(2,3)4)21(28)17-11-19-18(6-8-31-19)26-20(24)12-17/h6,8,11,15-16H,5,7,9-10,12-14H2,1-4H3,(H2,24,26)(H,25,29)/t15-,16-. The fraction of sp³-hybridized carbons (Fsp3) is 0.609. The van der Waals surface area contributed by atoms with Crippen LogP contribution in [-0.2, 0) is 9.53 Å². The van der Waals surface area contributed by atoms with E-state index in [4.69, 9.17) is 10.5 Å². The molecule has 1 aromatic rings. The predicted octanol–water partition coefficient (Wildman–Crippen LogP) is 4.31. The molecule has 0 spiro atoms. The number of aliphatic imine (C=N–C) groups is 1. The van der Waals surface area contributed by atoms with Gasteiger partial charge in [-0.05, 0) is 69.4 Å². The lowest BCUT2D eigenvalue weighted by molar-refractivity contribution is -0.128. The van der Waals surface area contributed by atoms with Crippen molar-refractivity contribution in [3.8, 4) is 0 Å². The lowest BCUT2D eigenvalue weighted by Gasteiger charge is -2.39. The Hall–Kier alpha value is -2.35. The summed E-state index contributed by atoms with van der Waals surface area (Å²) in [6.45, 7) is 9.73. The molecule has 0 atom stereocenters. The highest BCUT2D eigenvalue weighted by molar-refractivity contribution is 7.11. The lowest BCUT2D eigenvalue weighted by Crippen LogP contribution is -2.44. The Kier molecular flexibility index (Phi) is 7.41. The molecule has 1 fully saturated rings. The SMILES string of the molecule is CCCN(C[C@H]1C[C@H](CNC(=O)OC(C)(C)C)C1)C(=O)C1=Cc2sccc2N=C(N)C1. The molecule has 1 aliphatic carbocycles. The zero-order chi connectivity index (χ0) is 22.6. The van der Waals surface area contributed by atoms with Gasteiger partial charge in [0.2, 0.25) is 5.91 Å². The highest BCUT2D eigenvalue weighted by atomic mass is 32.1. The molecule has 0 saturated heterocycles. The second-order valence-corrected chi connectivity index (χ2v) is 10.4. The number of amides is 2. The molecule has 1 aromatic heterocycles. The Morgan fingerprint density at radius 2 is 2.06 bits per heavy atom. The Balaban J connectivity index is 1.53. The first-order valence-electron chi connectivity index (χ1n) is 11.0. The minimum Gasteiger partial charge on any atom is -0.444 e. The number of nitrogens with zero attached hydrogens (tertiary/aromatic N) is 2. The van der Waals surface area contributed by atoms with Crippen molar-refractivity contribution in [2.45, 2.75) is 59.0 Å². The van der Waals surface area contributed by atoms with Crippen molar-refractivity contribution in [2.24, 2.45) is 22.6 Å². The van der Waals surface area contributed by atoms with Gasteiger partial charge < -0.3 is 20.7 Å². The summed E-state index contributed by atoms with van der Waals surface area (Å²) in [5.74, 6) is 1.42. The van der Waals surface area contributed by atoms with Crippen LogP contribution in [0.4, 0.5) is 10.5 Å². The van der Waals surface area contributed by atoms with Gasteiger partial charge in [0.25, 0.3) is 0 Å². The van der Waals surface area contributed by atoms with Crippen LogP contribution >= 0.6 is 11.3 Å². The predicted molar refractivity (Wildman–Crippen MR) is 126 cm³/mol. The molecule has 1 aliphatic heterocycles. The average molecular weight is 447 g/mol. The molecule has 0 aromatic carbocycles. The van der Waals surface area contributed by atoms with E-state index in [1.54, 1.807) is 11.3 Å². The quantitative estimate of drug-likeness (QED) is 0.652. The molecule has 31 heavy (non-hydrogen) atoms. The van der Waals surface area contributed by atoms with Gasteiger partial charge in [-0.15, -0.1) is 11.3 Å². The number of hydrogen-bond acceptors (Lipinski definition) is 6. The van der Waals surface area contributed by atoms with E-state index < -0.39 is 5.60 Å². The molecule has 2 heterocycles. The maximum atomic E-state index is 13.3. The van der Waals surface area contributed by atoms with Crippen LogP contribution in [0, 0.1) is 11.8 Å². The molecule has 0 radical (unpaired) electrons. The second-order valence-electron chi connectivity index (χ2n) is 9.46. The molecule has 1 saturated carbocycles. The van der Waals surface area contributed by atoms with Crippen molar-refractivity contribution in [3.63, 3.8) is 0 Å². The summed E-state index contributed by atoms with van der Waals surface area (Å²) < 4.78 is 5.29. The largest absolute Gasteiger partial charge is 0.444 e. The van der Waals surface area contributed by atoms with Gasteiger partial charge in [-0.3, -0.25) is 4.79 Å². The number of ether oxygens (including phenoxy) is 1. The second kappa shape index (κ2) is 9.85. The van der Waals surface area contributed by atoms with Crippen LogP contribution < -0.4 is 11.1 Å². The highest BCUT2D eigenvalue weighted by Gasteiger charge is 2.33. The number of alkyl carbamates (subject to hydrolysis) is 1. The van der Waals surface area contributed by atoms with Crippen LogP contribution in [0.5, 0.6) is 0 Å². The summed E-state index contributed by atoms with van der Waals surface area (Å²) in [7, 11) is 0. The molecule has 7 nitrogen and oxygen atoms in total. The van der Waals surface area contributed by atoms with Crippen LogP contribution in [0.15, 0.2) is 22.0 Å². The zero-order valence-electron chi connectivity index (χ0n) is 18.9. The van der Waals surface area contributed by atoms with E-state index in [0.29, 0.717) is 36.2 Å². The summed E-state index contributed by atoms with van der Waals surface area (Å²) in [5, 5.41) is 4.82. The molecule has 8 heteroatoms. The van der Waals surface area contributed by atoms with Crippen molar-refractivity contribution in [3.05, 3.63) is 21.9 Å². The molecule has 3 rings (SSSR count). The Morgan fingerprint density at radius 3 is 2.74 bits per heavy atom. The number of fused-ring (bicyclic) bond motifs is 1. The summed E-state index contributed by atoms with van der Waals surface area (Å²) >= 11 is 1.57. The number of hydrogen-bond donors (Lipinski definition) is 2. The van der Waals surface area contributed by atoms with Gasteiger partial charge in [-0.25, -0.2) is 9.79 Å². The summed E-state index contributed by atoms with van der Waals surface area (Å²) in [6.07, 6.45) is 4.87. The molecule has 0 unspecified atom stereocenters. The number of rotatable bonds is 7. The number of nitrogens with two attached hydrogens (primary N) is 1. The first kappa shape index (κ1) is 23.3. The molecule has 2 aliphatic rings. The van der Waals surface area contributed by atoms with Crippen molar-refractivity contribution in [1.29, 1.82) is 0 Å². The lowest BCUT2D eigenvalue weighted by atomic mass is 9.74. The van der Waals surface area contributed by atoms with E-state index >= 15 is 0 Å². The number of amidine groups is 1. The third kappa shape index (κ3) is 6.56. The Morgan fingerprint density at radius 1 is 1.32 bits per heavy atom. The summed E-state index contributed by atoms with van der Waals surface area (Å²) in [4.78, 5) is 32.5. The van der Waals surface area contributed by atoms with Crippen LogP contribution in [0.2, 0.25) is 0 Å². The van der Waals surface area contributed by atoms with Crippen molar-refractivity contribution >= 4 is 40.9 Å². The van der Waals surface area contributed by atoms with Gasteiger partial charge in [-0.1, -0.05) is 6.92 Å². The van der Waals surface area contributed by atoms with E-state index in [0.717, 1.165) is 42.9 Å². The number of carbonyl (C=O) groups is 2. The van der Waals surface area contributed by atoms with Crippen molar-refractivity contribution in [1.82, 2.24) is 10.2 Å². The molecule has 0 bridgehead atoms. The average Bonchev–Trinajstić information content (AvgIpc) is 2.99. The molecular formula is C23H34N4O3S. The monoisotopic (exact) mass is 446 g/mol. The number of carbonyl (C=O) groups excluding carboxylic acids is 2. The summed E-state index contributed by atoms with van der Waals surface area (Å²) in [6, 6.07) is 1.93. The first-order valence-corrected chi connectivity index (χ1v) is 11.9. The first-order chi connectivity index (χ1) is 14.6. The van der Waals surface area contributed by atoms with Gasteiger partial charge in [0.15, 0.2) is 0 Å². The third-order valence-corrected chi connectivity index (χ3v) is 6.27. The van der Waals surface area contributed by atoms with Crippen LogP contribution in [0.1, 0.15) is 58.3 Å². The maximum Gasteiger partial charge on any atom is 0.407 e. The zero-order valence-corrected chi connectivity index (χ0v) is 19.8. The molecule has 3 N–H and O–H groups in total. The van der Waals surface area contributed by atoms with E-state index in [9.17, 15) is 9.59 Å². The minimum absolute atomic E-state index is 0.0524. The molecular weight excluding hydrogens is 412 g/mol. The van der Waals surface area contributed by atoms with Crippen LogP contribution in [0.25, 0.3) is 6.08 Å². The highest BCUT2D eigenvalue weighted by Crippen LogP contribution is 2.35. The van der Waals surface area contributed by atoms with Gasteiger partial charge in [0.1, 0.15) is 11.4 Å². The maximum absolute atomic E-state index is 13.3. The summed E-state index contributed by atoms with van der Waals surface area (Å²) in [5.41, 5.74) is 7.12. The number of nitrogens with one attached hydrogen (secondary N) is 1. The van der Waals surface area contributed by atoms with E-state index in [1.165, 1.54) is 0 Å². The van der Waals surface area contributed by atoms with Gasteiger partial charge in [0, 0.05) is 31.6 Å². The minimum atomic E-state index is -0.488. The normalized spacial score (nSPS) is 20.5. The fourth-order valence-corrected chi connectivity index (χ4v) is 4.83. The fourth-order valence-electron chi connectivity index (χ4n) is 4.04. The Labute approximate surface area is 188 Å². The van der Waals surface area contributed by atoms with E-state index in [1.807, 2.05) is 43.2 Å². The molecule has 2 amide bonds.